The van der Waals surface area contributed by atoms with Crippen molar-refractivity contribution in [1.29, 1.82) is 0 Å². The highest BCUT2D eigenvalue weighted by Crippen LogP contribution is 2.39. The van der Waals surface area contributed by atoms with E-state index in [0.717, 1.165) is 36.6 Å². The normalized spacial score (nSPS) is 20.1. The minimum absolute atomic E-state index is 0.0357. The van der Waals surface area contributed by atoms with Gasteiger partial charge in [0.05, 0.1) is 30.6 Å². The fourth-order valence-electron chi connectivity index (χ4n) is 8.32. The van der Waals surface area contributed by atoms with E-state index >= 15 is 0 Å². The summed E-state index contributed by atoms with van der Waals surface area (Å²) in [6, 6.07) is 15.8. The Bertz CT molecular complexity index is 1990. The summed E-state index contributed by atoms with van der Waals surface area (Å²) in [4.78, 5) is 87.8. The van der Waals surface area contributed by atoms with Crippen LogP contribution in [0.1, 0.15) is 89.2 Å². The molecule has 324 valence electrons. The summed E-state index contributed by atoms with van der Waals surface area (Å²) in [5.41, 5.74) is 12.1. The molecule has 0 bridgehead atoms. The number of piperidine rings is 1. The third-order valence-corrected chi connectivity index (χ3v) is 11.3. The molecule has 15 nitrogen and oxygen atoms in total. The van der Waals surface area contributed by atoms with Crippen molar-refractivity contribution in [2.75, 3.05) is 19.6 Å². The van der Waals surface area contributed by atoms with Crippen LogP contribution in [0, 0.1) is 17.8 Å². The predicted octanol–water partition coefficient (Wildman–Crippen LogP) is 2.74. The number of benzene rings is 2. The predicted molar refractivity (Wildman–Crippen MR) is 228 cm³/mol. The molecule has 0 spiro atoms. The lowest BCUT2D eigenvalue weighted by molar-refractivity contribution is -0.159. The quantitative estimate of drug-likeness (QED) is 0.109. The number of nitrogens with zero attached hydrogens (tertiary/aromatic N) is 2. The Morgan fingerprint density at radius 3 is 2.23 bits per heavy atom. The molecule has 1 saturated carbocycles. The van der Waals surface area contributed by atoms with Crippen LogP contribution in [0.15, 0.2) is 66.7 Å². The van der Waals surface area contributed by atoms with Gasteiger partial charge < -0.3 is 37.5 Å². The average molecular weight is 827 g/mol. The number of hydrogen-bond acceptors (Lipinski definition) is 10. The van der Waals surface area contributed by atoms with Crippen molar-refractivity contribution in [2.45, 2.75) is 115 Å². The molecular formula is C45H62N8O7. The van der Waals surface area contributed by atoms with Crippen LogP contribution >= 0.6 is 0 Å². The first-order chi connectivity index (χ1) is 28.5. The largest absolute Gasteiger partial charge is 0.457 e. The number of carbonyl (C=O) groups is 6. The van der Waals surface area contributed by atoms with Crippen LogP contribution in [0.25, 0.3) is 10.9 Å². The molecule has 1 aliphatic carbocycles. The Labute approximate surface area is 352 Å². The number of ether oxygens (including phenoxy) is 1. The molecule has 2 heterocycles. The van der Waals surface area contributed by atoms with Crippen molar-refractivity contribution in [2.24, 2.45) is 29.2 Å². The van der Waals surface area contributed by atoms with E-state index in [9.17, 15) is 28.8 Å². The Hall–Kier alpha value is -5.41. The molecule has 5 rings (SSSR count). The van der Waals surface area contributed by atoms with Gasteiger partial charge in [0.2, 0.25) is 23.6 Å². The number of nitrogens with two attached hydrogens (primary N) is 2. The fraction of sp³-hybridized carbons (Fsp3) is 0.533. The third-order valence-electron chi connectivity index (χ3n) is 11.3. The number of fused-ring (bicyclic) bond motifs is 2. The van der Waals surface area contributed by atoms with Gasteiger partial charge in [0.15, 0.2) is 0 Å². The smallest absolute Gasteiger partial charge is 0.329 e. The van der Waals surface area contributed by atoms with Gasteiger partial charge in [-0.3, -0.25) is 28.9 Å². The number of esters is 1. The molecule has 1 saturated heterocycles. The summed E-state index contributed by atoms with van der Waals surface area (Å²) in [7, 11) is 0. The van der Waals surface area contributed by atoms with Crippen LogP contribution in [0.2, 0.25) is 0 Å². The second-order valence-electron chi connectivity index (χ2n) is 17.6. The lowest BCUT2D eigenvalue weighted by atomic mass is 9.72. The molecule has 0 radical (unpaired) electrons. The van der Waals surface area contributed by atoms with E-state index in [-0.39, 0.29) is 31.1 Å². The summed E-state index contributed by atoms with van der Waals surface area (Å²) in [5.74, 6) is -3.39. The highest BCUT2D eigenvalue weighted by molar-refractivity contribution is 5.99. The molecule has 1 aliphatic heterocycles. The second-order valence-corrected chi connectivity index (χ2v) is 17.6. The lowest BCUT2D eigenvalue weighted by Crippen LogP contribution is -2.62. The maximum absolute atomic E-state index is 14.4. The maximum atomic E-state index is 14.4. The summed E-state index contributed by atoms with van der Waals surface area (Å²) < 4.78 is 6.40. The zero-order valence-electron chi connectivity index (χ0n) is 35.4. The topological polar surface area (TPSA) is 228 Å². The number of pyridine rings is 1. The Morgan fingerprint density at radius 2 is 1.57 bits per heavy atom. The van der Waals surface area contributed by atoms with Crippen molar-refractivity contribution >= 4 is 46.4 Å². The van der Waals surface area contributed by atoms with Crippen LogP contribution in [-0.4, -0.2) is 101 Å². The van der Waals surface area contributed by atoms with Crippen molar-refractivity contribution in [3.8, 4) is 0 Å². The number of primary amides is 1. The van der Waals surface area contributed by atoms with Crippen molar-refractivity contribution in [3.05, 3.63) is 78.0 Å². The van der Waals surface area contributed by atoms with Crippen LogP contribution in [0.4, 0.5) is 0 Å². The summed E-state index contributed by atoms with van der Waals surface area (Å²) in [6.07, 6.45) is 3.39. The van der Waals surface area contributed by atoms with Crippen molar-refractivity contribution < 1.29 is 33.5 Å². The summed E-state index contributed by atoms with van der Waals surface area (Å²) in [5, 5.41) is 12.3. The van der Waals surface area contributed by atoms with Gasteiger partial charge in [-0.2, -0.15) is 0 Å². The van der Waals surface area contributed by atoms with Gasteiger partial charge in [-0.15, -0.1) is 0 Å². The number of carbonyl (C=O) groups excluding carboxylic acids is 6. The van der Waals surface area contributed by atoms with Crippen LogP contribution in [-0.2, 0) is 35.1 Å². The van der Waals surface area contributed by atoms with Gasteiger partial charge in [0.1, 0.15) is 23.9 Å². The van der Waals surface area contributed by atoms with Gasteiger partial charge in [-0.1, -0.05) is 87.7 Å². The number of hydrogen-bond donors (Lipinski definition) is 6. The molecule has 2 aromatic carbocycles. The highest BCUT2D eigenvalue weighted by Gasteiger charge is 2.43. The van der Waals surface area contributed by atoms with Gasteiger partial charge in [0.25, 0.3) is 5.91 Å². The monoisotopic (exact) mass is 826 g/mol. The van der Waals surface area contributed by atoms with Crippen LogP contribution in [0.5, 0.6) is 0 Å². The third kappa shape index (κ3) is 12.8. The zero-order chi connectivity index (χ0) is 43.6. The minimum Gasteiger partial charge on any atom is -0.457 e. The zero-order valence-corrected chi connectivity index (χ0v) is 35.4. The number of nitrogens with one attached hydrogen (secondary N) is 4. The van der Waals surface area contributed by atoms with Crippen molar-refractivity contribution in [1.82, 2.24) is 31.2 Å². The van der Waals surface area contributed by atoms with Crippen LogP contribution in [0.3, 0.4) is 0 Å². The first-order valence-electron chi connectivity index (χ1n) is 21.1. The van der Waals surface area contributed by atoms with E-state index in [4.69, 9.17) is 16.2 Å². The fourth-order valence-corrected chi connectivity index (χ4v) is 8.32. The van der Waals surface area contributed by atoms with E-state index < -0.39 is 77.7 Å². The first kappa shape index (κ1) is 45.7. The summed E-state index contributed by atoms with van der Waals surface area (Å²) >= 11 is 0. The van der Waals surface area contributed by atoms with Crippen molar-refractivity contribution in [3.63, 3.8) is 0 Å². The highest BCUT2D eigenvalue weighted by atomic mass is 16.5. The van der Waals surface area contributed by atoms with E-state index in [0.29, 0.717) is 30.3 Å². The molecule has 7 atom stereocenters. The Kier molecular flexibility index (Phi) is 15.8. The number of likely N-dealkylation sites (tertiary alicyclic amines) is 1. The maximum Gasteiger partial charge on any atom is 0.329 e. The molecule has 60 heavy (non-hydrogen) atoms. The van der Waals surface area contributed by atoms with Gasteiger partial charge in [0, 0.05) is 24.0 Å². The van der Waals surface area contributed by atoms with E-state index in [1.807, 2.05) is 63.2 Å². The Morgan fingerprint density at radius 1 is 0.883 bits per heavy atom. The SMILES string of the molecule is CC(C)[C@H](NC(=O)CN)C(=O)O[C@H](CN1C[C@H]2CCCC[C@H]2C[C@H]1C(=O)NC(C)(C)C)[C@H](Cc1ccccc1)NC(=O)[C@H](CC(N)=O)NC(=O)c1ccc2ccccc2n1. The van der Waals surface area contributed by atoms with E-state index in [2.05, 4.69) is 31.2 Å². The van der Waals surface area contributed by atoms with Gasteiger partial charge in [-0.05, 0) is 75.5 Å². The van der Waals surface area contributed by atoms with Crippen LogP contribution < -0.4 is 32.7 Å². The molecule has 8 N–H and O–H groups in total. The lowest BCUT2D eigenvalue weighted by Gasteiger charge is -2.47. The average Bonchev–Trinajstić information content (AvgIpc) is 3.20. The van der Waals surface area contributed by atoms with E-state index in [1.165, 1.54) is 6.07 Å². The van der Waals surface area contributed by atoms with E-state index in [1.54, 1.807) is 32.0 Å². The van der Waals surface area contributed by atoms with Gasteiger partial charge in [-0.25, -0.2) is 9.78 Å². The van der Waals surface area contributed by atoms with Gasteiger partial charge >= 0.3 is 5.97 Å². The molecule has 5 amide bonds. The number of aromatic nitrogens is 1. The number of rotatable bonds is 17. The minimum atomic E-state index is -1.42. The summed E-state index contributed by atoms with van der Waals surface area (Å²) in [6.45, 7) is 9.60. The Balaban J connectivity index is 1.52. The first-order valence-corrected chi connectivity index (χ1v) is 21.1. The molecule has 0 unspecified atom stereocenters. The number of amides is 5. The molecule has 1 aromatic heterocycles. The second kappa shape index (κ2) is 20.7. The molecule has 2 aliphatic rings. The molecular weight excluding hydrogens is 765 g/mol. The standard InChI is InChI=1S/C45H62N8O7/c1-27(2)40(51-39(55)24-46)44(59)60-37(26-53-25-31-17-10-9-16-30(31)22-36(53)43(58)52-45(3,4)5)34(21-28-13-7-6-8-14-28)49-42(57)35(23-38(47)54)50-41(56)33-20-19-29-15-11-12-18-32(29)48-33/h6-8,11-15,18-20,27,30-31,34-37,40H,9-10,16-17,21-26,46H2,1-5H3,(H2,47,54)(H,49,57)(H,50,56)(H,51,55)(H,52,58)/t30-,31+,34-,35-,36-,37+,40-/m0/s1. The number of para-hydroxylation sites is 1. The molecule has 3 aromatic rings. The molecule has 2 fully saturated rings. The molecule has 15 heteroatoms.